The fourth-order valence-electron chi connectivity index (χ4n) is 2.21. The molecular formula is C14H16N4O3. The van der Waals surface area contributed by atoms with Crippen molar-refractivity contribution >= 4 is 5.91 Å². The Balaban J connectivity index is 1.67. The summed E-state index contributed by atoms with van der Waals surface area (Å²) < 4.78 is 11.5. The van der Waals surface area contributed by atoms with Crippen LogP contribution in [0.25, 0.3) is 0 Å². The number of amides is 1. The maximum atomic E-state index is 12.3. The van der Waals surface area contributed by atoms with Crippen LogP contribution < -0.4 is 9.47 Å². The summed E-state index contributed by atoms with van der Waals surface area (Å²) >= 11 is 0. The van der Waals surface area contributed by atoms with Crippen LogP contribution in [-0.4, -0.2) is 51.8 Å². The molecule has 0 saturated carbocycles. The number of nitrogens with one attached hydrogen (secondary N) is 1. The highest BCUT2D eigenvalue weighted by Gasteiger charge is 2.26. The van der Waals surface area contributed by atoms with Crippen LogP contribution in [0.4, 0.5) is 0 Å². The summed E-state index contributed by atoms with van der Waals surface area (Å²) in [5.74, 6) is 1.47. The molecule has 0 bridgehead atoms. The number of rotatable bonds is 4. The van der Waals surface area contributed by atoms with E-state index in [1.54, 1.807) is 4.90 Å². The second-order valence-electron chi connectivity index (χ2n) is 4.68. The summed E-state index contributed by atoms with van der Waals surface area (Å²) in [4.78, 5) is 17.8. The summed E-state index contributed by atoms with van der Waals surface area (Å²) in [5.41, 5.74) is 0. The molecule has 2 aromatic rings. The number of fused-ring (bicyclic) bond motifs is 1. The van der Waals surface area contributed by atoms with E-state index in [0.717, 1.165) is 5.75 Å². The van der Waals surface area contributed by atoms with Crippen molar-refractivity contribution < 1.29 is 14.3 Å². The van der Waals surface area contributed by atoms with Crippen LogP contribution in [0.3, 0.4) is 0 Å². The summed E-state index contributed by atoms with van der Waals surface area (Å²) in [5, 5.41) is 6.28. The van der Waals surface area contributed by atoms with Gasteiger partial charge in [0.05, 0.1) is 6.54 Å². The molecule has 7 heteroatoms. The van der Waals surface area contributed by atoms with Gasteiger partial charge < -0.3 is 14.4 Å². The Labute approximate surface area is 121 Å². The number of aromatic amines is 1. The first-order valence-electron chi connectivity index (χ1n) is 6.81. The highest BCUT2D eigenvalue weighted by molar-refractivity contribution is 5.90. The zero-order valence-electron chi connectivity index (χ0n) is 11.7. The fraction of sp³-hybridized carbons (Fsp3) is 0.357. The zero-order valence-corrected chi connectivity index (χ0v) is 11.7. The molecule has 2 heterocycles. The highest BCUT2D eigenvalue weighted by Crippen LogP contribution is 2.31. The molecule has 1 aromatic carbocycles. The van der Waals surface area contributed by atoms with Crippen LogP contribution in [0.5, 0.6) is 11.5 Å². The van der Waals surface area contributed by atoms with Gasteiger partial charge in [-0.3, -0.25) is 9.89 Å². The molecule has 0 saturated heterocycles. The van der Waals surface area contributed by atoms with Crippen molar-refractivity contribution in [3.05, 3.63) is 36.4 Å². The van der Waals surface area contributed by atoms with Crippen molar-refractivity contribution in [1.29, 1.82) is 0 Å². The van der Waals surface area contributed by atoms with Gasteiger partial charge in [-0.25, -0.2) is 4.98 Å². The van der Waals surface area contributed by atoms with Gasteiger partial charge >= 0.3 is 0 Å². The first-order valence-corrected chi connectivity index (χ1v) is 6.81. The van der Waals surface area contributed by atoms with Crippen molar-refractivity contribution in [2.45, 2.75) is 13.0 Å². The molecule has 110 valence electrons. The SMILES string of the molecule is CCN(CC1COc2ccccc2O1)C(=O)c1ncn[nH]1. The van der Waals surface area contributed by atoms with Gasteiger partial charge in [0.2, 0.25) is 5.82 Å². The molecule has 1 unspecified atom stereocenters. The van der Waals surface area contributed by atoms with Gasteiger partial charge in [-0.05, 0) is 19.1 Å². The molecule has 0 spiro atoms. The van der Waals surface area contributed by atoms with Crippen molar-refractivity contribution in [3.8, 4) is 11.5 Å². The third-order valence-electron chi connectivity index (χ3n) is 3.28. The first kappa shape index (κ1) is 13.4. The number of ether oxygens (including phenoxy) is 2. The number of hydrogen-bond donors (Lipinski definition) is 1. The van der Waals surface area contributed by atoms with Crippen LogP contribution in [0.2, 0.25) is 0 Å². The number of aromatic nitrogens is 3. The van der Waals surface area contributed by atoms with Crippen LogP contribution >= 0.6 is 0 Å². The lowest BCUT2D eigenvalue weighted by molar-refractivity contribution is 0.0467. The van der Waals surface area contributed by atoms with Crippen molar-refractivity contribution in [2.75, 3.05) is 19.7 Å². The molecule has 21 heavy (non-hydrogen) atoms. The average Bonchev–Trinajstić information content (AvgIpc) is 3.06. The molecule has 0 radical (unpaired) electrons. The largest absolute Gasteiger partial charge is 0.486 e. The Morgan fingerprint density at radius 2 is 2.24 bits per heavy atom. The van der Waals surface area contributed by atoms with E-state index in [-0.39, 0.29) is 17.8 Å². The maximum Gasteiger partial charge on any atom is 0.291 e. The second kappa shape index (κ2) is 5.82. The summed E-state index contributed by atoms with van der Waals surface area (Å²) in [6.07, 6.45) is 1.11. The molecule has 7 nitrogen and oxygen atoms in total. The summed E-state index contributed by atoms with van der Waals surface area (Å²) in [6, 6.07) is 7.51. The van der Waals surface area contributed by atoms with Crippen molar-refractivity contribution in [2.24, 2.45) is 0 Å². The third kappa shape index (κ3) is 2.81. The number of para-hydroxylation sites is 2. The minimum Gasteiger partial charge on any atom is -0.486 e. The minimum atomic E-state index is -0.202. The predicted molar refractivity (Wildman–Crippen MR) is 74.3 cm³/mol. The molecular weight excluding hydrogens is 272 g/mol. The van der Waals surface area contributed by atoms with Crippen LogP contribution in [-0.2, 0) is 0 Å². The van der Waals surface area contributed by atoms with E-state index in [9.17, 15) is 4.79 Å². The first-order chi connectivity index (χ1) is 10.3. The van der Waals surface area contributed by atoms with Gasteiger partial charge in [-0.2, -0.15) is 5.10 Å². The lowest BCUT2D eigenvalue weighted by Crippen LogP contribution is -2.43. The molecule has 1 aromatic heterocycles. The van der Waals surface area contributed by atoms with E-state index in [1.165, 1.54) is 6.33 Å². The van der Waals surface area contributed by atoms with Crippen molar-refractivity contribution in [3.63, 3.8) is 0 Å². The Bertz CT molecular complexity index is 614. The monoisotopic (exact) mass is 288 g/mol. The minimum absolute atomic E-state index is 0.197. The number of likely N-dealkylation sites (N-methyl/N-ethyl adjacent to an activating group) is 1. The average molecular weight is 288 g/mol. The van der Waals surface area contributed by atoms with Crippen LogP contribution in [0.1, 0.15) is 17.5 Å². The predicted octanol–water partition coefficient (Wildman–Crippen LogP) is 1.11. The lowest BCUT2D eigenvalue weighted by Gasteiger charge is -2.30. The van der Waals surface area contributed by atoms with Gasteiger partial charge in [0.1, 0.15) is 12.9 Å². The Hall–Kier alpha value is -2.57. The van der Waals surface area contributed by atoms with Gasteiger partial charge in [0, 0.05) is 6.54 Å². The lowest BCUT2D eigenvalue weighted by atomic mass is 10.2. The van der Waals surface area contributed by atoms with E-state index in [1.807, 2.05) is 31.2 Å². The number of benzene rings is 1. The zero-order chi connectivity index (χ0) is 14.7. The third-order valence-corrected chi connectivity index (χ3v) is 3.28. The molecule has 0 aliphatic carbocycles. The van der Waals surface area contributed by atoms with E-state index in [4.69, 9.17) is 9.47 Å². The van der Waals surface area contributed by atoms with Crippen molar-refractivity contribution in [1.82, 2.24) is 20.1 Å². The van der Waals surface area contributed by atoms with E-state index in [2.05, 4.69) is 15.2 Å². The Morgan fingerprint density at radius 1 is 1.43 bits per heavy atom. The Morgan fingerprint density at radius 3 is 2.95 bits per heavy atom. The summed E-state index contributed by atoms with van der Waals surface area (Å²) in [6.45, 7) is 3.31. The van der Waals surface area contributed by atoms with Gasteiger partial charge in [0.15, 0.2) is 17.6 Å². The quantitative estimate of drug-likeness (QED) is 0.911. The molecule has 1 atom stereocenters. The topological polar surface area (TPSA) is 80.3 Å². The van der Waals surface area contributed by atoms with Crippen LogP contribution in [0, 0.1) is 0 Å². The molecule has 1 aliphatic heterocycles. The molecule has 1 N–H and O–H groups in total. The van der Waals surface area contributed by atoms with Gasteiger partial charge in [-0.15, -0.1) is 0 Å². The smallest absolute Gasteiger partial charge is 0.291 e. The van der Waals surface area contributed by atoms with Crippen LogP contribution in [0.15, 0.2) is 30.6 Å². The van der Waals surface area contributed by atoms with E-state index < -0.39 is 0 Å². The van der Waals surface area contributed by atoms with E-state index in [0.29, 0.717) is 25.4 Å². The number of carbonyl (C=O) groups is 1. The number of carbonyl (C=O) groups excluding carboxylic acids is 1. The highest BCUT2D eigenvalue weighted by atomic mass is 16.6. The summed E-state index contributed by atoms with van der Waals surface area (Å²) in [7, 11) is 0. The normalized spacial score (nSPS) is 16.5. The van der Waals surface area contributed by atoms with Gasteiger partial charge in [-0.1, -0.05) is 12.1 Å². The van der Waals surface area contributed by atoms with Gasteiger partial charge in [0.25, 0.3) is 5.91 Å². The van der Waals surface area contributed by atoms with E-state index >= 15 is 0 Å². The number of H-pyrrole nitrogens is 1. The number of hydrogen-bond acceptors (Lipinski definition) is 5. The second-order valence-corrected chi connectivity index (χ2v) is 4.68. The molecule has 0 fully saturated rings. The molecule has 1 amide bonds. The molecule has 1 aliphatic rings. The standard InChI is InChI=1S/C14H16N4O3/c1-2-18(14(19)13-15-9-16-17-13)7-10-8-20-11-5-3-4-6-12(11)21-10/h3-6,9-10H,2,7-8H2,1H3,(H,15,16,17). The maximum absolute atomic E-state index is 12.3. The number of nitrogens with zero attached hydrogens (tertiary/aromatic N) is 3. The fourth-order valence-corrected chi connectivity index (χ4v) is 2.21. The Kier molecular flexibility index (Phi) is 3.72. The molecule has 3 rings (SSSR count).